The maximum absolute atomic E-state index is 4.57. The Morgan fingerprint density at radius 3 is 2.68 bits per heavy atom. The summed E-state index contributed by atoms with van der Waals surface area (Å²) in [5.41, 5.74) is 1.03. The molecule has 5 nitrogen and oxygen atoms in total. The molecule has 22 heavy (non-hydrogen) atoms. The van der Waals surface area contributed by atoms with Crippen molar-refractivity contribution in [2.45, 2.75) is 40.3 Å². The zero-order valence-corrected chi connectivity index (χ0v) is 17.0. The molecule has 2 aromatic heterocycles. The smallest absolute Gasteiger partial charge is 0.191 e. The number of hydrogen-bond acceptors (Lipinski definition) is 5. The van der Waals surface area contributed by atoms with Crippen LogP contribution < -0.4 is 10.6 Å². The second-order valence-electron chi connectivity index (χ2n) is 4.50. The molecule has 2 rings (SSSR count). The SMILES string of the molecule is CCNC(=NCc1csc(CC)n1)NCc1ncc(C)s1.I. The lowest BCUT2D eigenvalue weighted by Crippen LogP contribution is -2.36. The first kappa shape index (κ1) is 19.3. The lowest BCUT2D eigenvalue weighted by molar-refractivity contribution is 0.808. The average molecular weight is 451 g/mol. The monoisotopic (exact) mass is 451 g/mol. The topological polar surface area (TPSA) is 62.2 Å². The quantitative estimate of drug-likeness (QED) is 0.402. The van der Waals surface area contributed by atoms with Crippen molar-refractivity contribution in [3.05, 3.63) is 32.2 Å². The van der Waals surface area contributed by atoms with E-state index in [-0.39, 0.29) is 24.0 Å². The minimum atomic E-state index is 0. The van der Waals surface area contributed by atoms with Gasteiger partial charge >= 0.3 is 0 Å². The van der Waals surface area contributed by atoms with E-state index in [1.165, 1.54) is 4.88 Å². The highest BCUT2D eigenvalue weighted by Gasteiger charge is 2.03. The summed E-state index contributed by atoms with van der Waals surface area (Å²) in [6, 6.07) is 0. The Labute approximate surface area is 156 Å². The van der Waals surface area contributed by atoms with Crippen LogP contribution in [-0.2, 0) is 19.5 Å². The number of halogens is 1. The number of hydrogen-bond donors (Lipinski definition) is 2. The summed E-state index contributed by atoms with van der Waals surface area (Å²) < 4.78 is 0. The molecule has 2 heterocycles. The molecule has 0 spiro atoms. The molecule has 0 bridgehead atoms. The summed E-state index contributed by atoms with van der Waals surface area (Å²) in [6.07, 6.45) is 2.88. The van der Waals surface area contributed by atoms with E-state index in [1.54, 1.807) is 22.7 Å². The molecular formula is C14H22IN5S2. The normalized spacial score (nSPS) is 11.1. The third kappa shape index (κ3) is 6.17. The molecule has 0 unspecified atom stereocenters. The number of guanidine groups is 1. The second kappa shape index (κ2) is 10.1. The summed E-state index contributed by atoms with van der Waals surface area (Å²) >= 11 is 3.40. The summed E-state index contributed by atoms with van der Waals surface area (Å²) in [7, 11) is 0. The van der Waals surface area contributed by atoms with Crippen LogP contribution in [0.5, 0.6) is 0 Å². The van der Waals surface area contributed by atoms with E-state index in [0.29, 0.717) is 13.1 Å². The van der Waals surface area contributed by atoms with Crippen LogP contribution in [0.3, 0.4) is 0 Å². The van der Waals surface area contributed by atoms with Gasteiger partial charge in [0.1, 0.15) is 5.01 Å². The van der Waals surface area contributed by atoms with Crippen molar-refractivity contribution in [1.82, 2.24) is 20.6 Å². The number of thiazole rings is 2. The summed E-state index contributed by atoms with van der Waals surface area (Å²) in [4.78, 5) is 14.7. The van der Waals surface area contributed by atoms with Gasteiger partial charge in [0, 0.05) is 23.0 Å². The Bertz CT molecular complexity index is 594. The Hall–Kier alpha value is -0.740. The van der Waals surface area contributed by atoms with Crippen molar-refractivity contribution in [2.75, 3.05) is 6.54 Å². The zero-order valence-electron chi connectivity index (χ0n) is 13.0. The van der Waals surface area contributed by atoms with Gasteiger partial charge < -0.3 is 10.6 Å². The van der Waals surface area contributed by atoms with Crippen LogP contribution in [0.2, 0.25) is 0 Å². The minimum Gasteiger partial charge on any atom is -0.357 e. The molecule has 0 aromatic carbocycles. The molecule has 0 amide bonds. The maximum Gasteiger partial charge on any atom is 0.191 e. The van der Waals surface area contributed by atoms with Gasteiger partial charge in [-0.25, -0.2) is 15.0 Å². The van der Waals surface area contributed by atoms with Gasteiger partial charge in [-0.1, -0.05) is 6.92 Å². The zero-order chi connectivity index (χ0) is 15.1. The number of nitrogens with one attached hydrogen (secondary N) is 2. The van der Waals surface area contributed by atoms with Crippen molar-refractivity contribution < 1.29 is 0 Å². The third-order valence-corrected chi connectivity index (χ3v) is 4.68. The maximum atomic E-state index is 4.57. The van der Waals surface area contributed by atoms with Gasteiger partial charge in [-0.3, -0.25) is 0 Å². The van der Waals surface area contributed by atoms with Crippen LogP contribution in [0.1, 0.15) is 34.4 Å². The fourth-order valence-corrected chi connectivity index (χ4v) is 3.19. The van der Waals surface area contributed by atoms with Crippen molar-refractivity contribution in [2.24, 2.45) is 4.99 Å². The number of aliphatic imine (C=N–C) groups is 1. The fourth-order valence-electron chi connectivity index (χ4n) is 1.73. The average Bonchev–Trinajstić information content (AvgIpc) is 3.10. The van der Waals surface area contributed by atoms with Crippen LogP contribution in [0.15, 0.2) is 16.6 Å². The largest absolute Gasteiger partial charge is 0.357 e. The molecule has 122 valence electrons. The van der Waals surface area contributed by atoms with Crippen molar-refractivity contribution >= 4 is 52.6 Å². The van der Waals surface area contributed by atoms with Crippen molar-refractivity contribution in [1.29, 1.82) is 0 Å². The van der Waals surface area contributed by atoms with E-state index in [2.05, 4.69) is 51.7 Å². The highest BCUT2D eigenvalue weighted by molar-refractivity contribution is 14.0. The van der Waals surface area contributed by atoms with E-state index in [9.17, 15) is 0 Å². The molecule has 0 radical (unpaired) electrons. The molecule has 0 aliphatic carbocycles. The first-order valence-electron chi connectivity index (χ1n) is 7.08. The third-order valence-electron chi connectivity index (χ3n) is 2.72. The van der Waals surface area contributed by atoms with Gasteiger partial charge in [0.15, 0.2) is 5.96 Å². The Morgan fingerprint density at radius 2 is 2.09 bits per heavy atom. The van der Waals surface area contributed by atoms with E-state index < -0.39 is 0 Å². The van der Waals surface area contributed by atoms with Crippen LogP contribution in [0.25, 0.3) is 0 Å². The van der Waals surface area contributed by atoms with Gasteiger partial charge in [-0.15, -0.1) is 46.7 Å². The van der Waals surface area contributed by atoms with Crippen LogP contribution in [-0.4, -0.2) is 22.5 Å². The highest BCUT2D eigenvalue weighted by Crippen LogP contribution is 2.11. The Kier molecular flexibility index (Phi) is 8.88. The summed E-state index contributed by atoms with van der Waals surface area (Å²) in [5, 5.41) is 10.9. The molecular weight excluding hydrogens is 429 g/mol. The van der Waals surface area contributed by atoms with Gasteiger partial charge in [-0.2, -0.15) is 0 Å². The number of aromatic nitrogens is 2. The molecule has 0 atom stereocenters. The first-order chi connectivity index (χ1) is 10.2. The molecule has 0 aliphatic heterocycles. The van der Waals surface area contributed by atoms with Gasteiger partial charge in [0.05, 0.1) is 23.8 Å². The van der Waals surface area contributed by atoms with E-state index in [1.807, 2.05) is 6.20 Å². The molecule has 0 fully saturated rings. The van der Waals surface area contributed by atoms with Crippen LogP contribution in [0.4, 0.5) is 0 Å². The molecule has 0 saturated heterocycles. The van der Waals surface area contributed by atoms with Gasteiger partial charge in [0.25, 0.3) is 0 Å². The van der Waals surface area contributed by atoms with Gasteiger partial charge in [0.2, 0.25) is 0 Å². The first-order valence-corrected chi connectivity index (χ1v) is 8.77. The Balaban J connectivity index is 0.00000242. The summed E-state index contributed by atoms with van der Waals surface area (Å²) in [5.74, 6) is 0.802. The number of rotatable bonds is 6. The van der Waals surface area contributed by atoms with Crippen LogP contribution >= 0.6 is 46.7 Å². The minimum absolute atomic E-state index is 0. The van der Waals surface area contributed by atoms with E-state index in [0.717, 1.165) is 34.6 Å². The summed E-state index contributed by atoms with van der Waals surface area (Å²) in [6.45, 7) is 8.37. The molecule has 0 saturated carbocycles. The van der Waals surface area contributed by atoms with E-state index >= 15 is 0 Å². The molecule has 8 heteroatoms. The second-order valence-corrected chi connectivity index (χ2v) is 6.76. The van der Waals surface area contributed by atoms with Crippen molar-refractivity contribution in [3.8, 4) is 0 Å². The predicted molar refractivity (Wildman–Crippen MR) is 105 cm³/mol. The predicted octanol–water partition coefficient (Wildman–Crippen LogP) is 3.34. The lowest BCUT2D eigenvalue weighted by Gasteiger charge is -2.09. The lowest BCUT2D eigenvalue weighted by atomic mass is 10.5. The van der Waals surface area contributed by atoms with Crippen LogP contribution in [0, 0.1) is 6.92 Å². The van der Waals surface area contributed by atoms with Gasteiger partial charge in [-0.05, 0) is 20.3 Å². The molecule has 2 aromatic rings. The molecule has 0 aliphatic rings. The number of nitrogens with zero attached hydrogens (tertiary/aromatic N) is 3. The fraction of sp³-hybridized carbons (Fsp3) is 0.500. The number of aryl methyl sites for hydroxylation is 2. The standard InChI is InChI=1S/C14H21N5S2.HI/c1-4-12-19-11(9-20-12)7-17-14(15-5-2)18-8-13-16-6-10(3)21-13;/h6,9H,4-5,7-8H2,1-3H3,(H2,15,17,18);1H. The Morgan fingerprint density at radius 1 is 1.27 bits per heavy atom. The molecule has 2 N–H and O–H groups in total. The van der Waals surface area contributed by atoms with Crippen molar-refractivity contribution in [3.63, 3.8) is 0 Å². The highest BCUT2D eigenvalue weighted by atomic mass is 127. The van der Waals surface area contributed by atoms with E-state index in [4.69, 9.17) is 0 Å².